The van der Waals surface area contributed by atoms with Gasteiger partial charge in [0.05, 0.1) is 26.2 Å². The number of nitrogens with two attached hydrogens (primary N) is 1. The van der Waals surface area contributed by atoms with Crippen molar-refractivity contribution >= 4 is 50.4 Å². The molecule has 180 valence electrons. The highest BCUT2D eigenvalue weighted by molar-refractivity contribution is 7.92. The minimum Gasteiger partial charge on any atom is -0.398 e. The first-order valence-corrected chi connectivity index (χ1v) is 11.5. The molecule has 0 aliphatic rings. The summed E-state index contributed by atoms with van der Waals surface area (Å²) in [4.78, 5) is 16.4. The van der Waals surface area contributed by atoms with Crippen molar-refractivity contribution in [1.29, 1.82) is 0 Å². The van der Waals surface area contributed by atoms with Crippen LogP contribution in [0, 0.1) is 0 Å². The Morgan fingerprint density at radius 3 is 2.44 bits per heavy atom. The first-order valence-electron chi connectivity index (χ1n) is 9.31. The summed E-state index contributed by atoms with van der Waals surface area (Å²) < 4.78 is 72.4. The third kappa shape index (κ3) is 5.12. The molecule has 0 spiro atoms. The van der Waals surface area contributed by atoms with Crippen molar-refractivity contribution in [2.24, 2.45) is 0 Å². The summed E-state index contributed by atoms with van der Waals surface area (Å²) in [7, 11) is -3.55. The van der Waals surface area contributed by atoms with Gasteiger partial charge in [0.15, 0.2) is 0 Å². The van der Waals surface area contributed by atoms with E-state index in [2.05, 4.69) is 4.98 Å². The molecule has 0 atom stereocenters. The third-order valence-electron chi connectivity index (χ3n) is 4.60. The fourth-order valence-corrected chi connectivity index (χ4v) is 4.80. The Morgan fingerprint density at radius 2 is 1.82 bits per heavy atom. The van der Waals surface area contributed by atoms with E-state index in [9.17, 15) is 26.4 Å². The number of benzene rings is 2. The van der Waals surface area contributed by atoms with Gasteiger partial charge in [-0.2, -0.15) is 13.2 Å². The van der Waals surface area contributed by atoms with E-state index in [1.165, 1.54) is 19.2 Å². The largest absolute Gasteiger partial charge is 0.417 e. The highest BCUT2D eigenvalue weighted by Gasteiger charge is 2.36. The summed E-state index contributed by atoms with van der Waals surface area (Å²) in [6.07, 6.45) is -3.78. The average Bonchev–Trinajstić information content (AvgIpc) is 2.76. The first-order chi connectivity index (χ1) is 15.9. The molecule has 2 aromatic carbocycles. The van der Waals surface area contributed by atoms with Crippen LogP contribution >= 0.6 is 23.2 Å². The number of halogens is 5. The molecule has 2 N–H and O–H groups in total. The lowest BCUT2D eigenvalue weighted by molar-refractivity contribution is -0.137. The van der Waals surface area contributed by atoms with E-state index < -0.39 is 44.2 Å². The zero-order chi connectivity index (χ0) is 25.3. The predicted molar refractivity (Wildman–Crippen MR) is 122 cm³/mol. The minimum atomic E-state index is -4.90. The number of anilines is 2. The number of nitrogen functional groups attached to an aromatic ring is 1. The molecule has 13 heteroatoms. The Hall–Kier alpha value is -2.86. The normalized spacial score (nSPS) is 11.9. The molecule has 0 bridgehead atoms. The molecule has 0 unspecified atom stereocenters. The molecule has 0 aliphatic heterocycles. The number of methoxy groups -OCH3 is 1. The Balaban J connectivity index is 2.21. The number of ketones is 1. The zero-order valence-electron chi connectivity index (χ0n) is 17.3. The van der Waals surface area contributed by atoms with E-state index in [0.29, 0.717) is 10.4 Å². The average molecular weight is 534 g/mol. The van der Waals surface area contributed by atoms with Crippen molar-refractivity contribution in [1.82, 2.24) is 4.98 Å². The molecule has 0 saturated carbocycles. The van der Waals surface area contributed by atoms with Gasteiger partial charge in [0.1, 0.15) is 12.4 Å². The number of hydrogen-bond acceptors (Lipinski definition) is 6. The van der Waals surface area contributed by atoms with Crippen molar-refractivity contribution < 1.29 is 31.1 Å². The Labute approximate surface area is 202 Å². The number of alkyl halides is 3. The topological polar surface area (TPSA) is 103 Å². The van der Waals surface area contributed by atoms with Crippen molar-refractivity contribution in [3.05, 3.63) is 81.6 Å². The van der Waals surface area contributed by atoms with E-state index in [4.69, 9.17) is 33.7 Å². The maximum atomic E-state index is 13.4. The number of nitrogens with zero attached hydrogens (tertiary/aromatic N) is 2. The van der Waals surface area contributed by atoms with Gasteiger partial charge in [-0.05, 0) is 36.4 Å². The monoisotopic (exact) mass is 533 g/mol. The SMILES string of the molecule is COCN(c1cc(Cl)cnc1C(=O)c1ccccc1N)S(=O)(=O)c1ccc(Cl)c(C(F)(F)F)c1. The number of hydrogen-bond donors (Lipinski definition) is 1. The third-order valence-corrected chi connectivity index (χ3v) is 6.87. The predicted octanol–water partition coefficient (Wildman–Crippen LogP) is 5.02. The van der Waals surface area contributed by atoms with Crippen LogP contribution in [0.25, 0.3) is 0 Å². The number of carbonyl (C=O) groups is 1. The van der Waals surface area contributed by atoms with E-state index in [0.717, 1.165) is 24.4 Å². The molecular weight excluding hydrogens is 518 g/mol. The van der Waals surface area contributed by atoms with Gasteiger partial charge in [0, 0.05) is 24.6 Å². The lowest BCUT2D eigenvalue weighted by atomic mass is 10.0. The lowest BCUT2D eigenvalue weighted by Crippen LogP contribution is -2.34. The molecule has 0 saturated heterocycles. The van der Waals surface area contributed by atoms with Crippen LogP contribution in [0.1, 0.15) is 21.6 Å². The Morgan fingerprint density at radius 1 is 1.15 bits per heavy atom. The maximum Gasteiger partial charge on any atom is 0.417 e. The molecule has 1 aromatic heterocycles. The smallest absolute Gasteiger partial charge is 0.398 e. The summed E-state index contributed by atoms with van der Waals surface area (Å²) in [5.74, 6) is -0.729. The second-order valence-electron chi connectivity index (χ2n) is 6.85. The Bertz CT molecular complexity index is 1350. The number of pyridine rings is 1. The maximum absolute atomic E-state index is 13.4. The quantitative estimate of drug-likeness (QED) is 0.260. The van der Waals surface area contributed by atoms with Gasteiger partial charge >= 0.3 is 6.18 Å². The standard InChI is InChI=1S/C21H16Cl2F3N3O4S/c1-33-11-29(34(31,32)13-6-7-16(23)15(9-13)21(24,25)26)18-8-12(22)10-28-19(18)20(30)14-4-2-3-5-17(14)27/h2-10H,11,27H2,1H3. The fourth-order valence-electron chi connectivity index (χ4n) is 3.02. The van der Waals surface area contributed by atoms with E-state index >= 15 is 0 Å². The van der Waals surface area contributed by atoms with Gasteiger partial charge in [-0.25, -0.2) is 17.7 Å². The molecular formula is C21H16Cl2F3N3O4S. The van der Waals surface area contributed by atoms with Crippen LogP contribution in [0.5, 0.6) is 0 Å². The second kappa shape index (κ2) is 9.79. The van der Waals surface area contributed by atoms with Crippen LogP contribution in [0.2, 0.25) is 10.0 Å². The second-order valence-corrected chi connectivity index (χ2v) is 9.55. The van der Waals surface area contributed by atoms with Crippen LogP contribution in [0.4, 0.5) is 24.5 Å². The van der Waals surface area contributed by atoms with Crippen LogP contribution < -0.4 is 10.0 Å². The van der Waals surface area contributed by atoms with Crippen molar-refractivity contribution in [3.8, 4) is 0 Å². The summed E-state index contributed by atoms with van der Waals surface area (Å²) in [6.45, 7) is -0.668. The highest BCUT2D eigenvalue weighted by atomic mass is 35.5. The van der Waals surface area contributed by atoms with Gasteiger partial charge in [0.25, 0.3) is 10.0 Å². The number of rotatable bonds is 7. The van der Waals surface area contributed by atoms with Crippen LogP contribution in [0.3, 0.4) is 0 Å². The molecule has 0 amide bonds. The van der Waals surface area contributed by atoms with Crippen molar-refractivity contribution in [2.45, 2.75) is 11.1 Å². The van der Waals surface area contributed by atoms with Crippen molar-refractivity contribution in [3.63, 3.8) is 0 Å². The number of para-hydroxylation sites is 1. The molecule has 7 nitrogen and oxygen atoms in total. The minimum absolute atomic E-state index is 0.0315. The van der Waals surface area contributed by atoms with Gasteiger partial charge in [-0.15, -0.1) is 0 Å². The van der Waals surface area contributed by atoms with Gasteiger partial charge in [-0.1, -0.05) is 35.3 Å². The van der Waals surface area contributed by atoms with Crippen LogP contribution in [-0.2, 0) is 20.9 Å². The molecule has 0 aliphatic carbocycles. The van der Waals surface area contributed by atoms with Gasteiger partial charge in [-0.3, -0.25) is 4.79 Å². The van der Waals surface area contributed by atoms with E-state index in [1.807, 2.05) is 0 Å². The van der Waals surface area contributed by atoms with E-state index in [-0.39, 0.29) is 27.7 Å². The molecule has 0 radical (unpaired) electrons. The van der Waals surface area contributed by atoms with Gasteiger partial charge in [0.2, 0.25) is 5.78 Å². The summed E-state index contributed by atoms with van der Waals surface area (Å²) in [5, 5.41) is -0.708. The number of ether oxygens (including phenoxy) is 1. The number of carbonyl (C=O) groups excluding carboxylic acids is 1. The summed E-state index contributed by atoms with van der Waals surface area (Å²) >= 11 is 11.6. The highest BCUT2D eigenvalue weighted by Crippen LogP contribution is 2.37. The van der Waals surface area contributed by atoms with Gasteiger partial charge < -0.3 is 10.5 Å². The first kappa shape index (κ1) is 25.8. The van der Waals surface area contributed by atoms with E-state index in [1.54, 1.807) is 12.1 Å². The zero-order valence-corrected chi connectivity index (χ0v) is 19.6. The molecule has 34 heavy (non-hydrogen) atoms. The summed E-state index contributed by atoms with van der Waals surface area (Å²) in [5.41, 5.74) is 4.02. The Kier molecular flexibility index (Phi) is 7.41. The molecule has 0 fully saturated rings. The number of aromatic nitrogens is 1. The molecule has 1 heterocycles. The summed E-state index contributed by atoms with van der Waals surface area (Å²) in [6, 6.07) is 9.30. The fraction of sp³-hybridized carbons (Fsp3) is 0.143. The van der Waals surface area contributed by atoms with Crippen LogP contribution in [-0.4, -0.2) is 33.0 Å². The lowest BCUT2D eigenvalue weighted by Gasteiger charge is -2.25. The number of sulfonamides is 1. The molecule has 3 rings (SSSR count). The van der Waals surface area contributed by atoms with Crippen LogP contribution in [0.15, 0.2) is 59.6 Å². The molecule has 3 aromatic rings. The van der Waals surface area contributed by atoms with Crippen molar-refractivity contribution in [2.75, 3.05) is 23.9 Å².